The Bertz CT molecular complexity index is 130. The van der Waals surface area contributed by atoms with E-state index in [1.807, 2.05) is 0 Å². The van der Waals surface area contributed by atoms with Crippen LogP contribution in [0.5, 0.6) is 0 Å². The van der Waals surface area contributed by atoms with Crippen molar-refractivity contribution in [2.24, 2.45) is 5.92 Å². The van der Waals surface area contributed by atoms with E-state index in [9.17, 15) is 0 Å². The monoisotopic (exact) mass is 247 g/mol. The fraction of sp³-hybridized carbons (Fsp3) is 1.00. The lowest BCUT2D eigenvalue weighted by molar-refractivity contribution is 0.171. The Kier molecular flexibility index (Phi) is 5.34. The molecule has 2 heteroatoms. The van der Waals surface area contributed by atoms with Gasteiger partial charge in [0.1, 0.15) is 0 Å². The van der Waals surface area contributed by atoms with E-state index in [0.717, 1.165) is 17.3 Å². The minimum absolute atomic E-state index is 0.861. The van der Waals surface area contributed by atoms with Gasteiger partial charge in [0.05, 0.1) is 0 Å². The topological polar surface area (TPSA) is 3.24 Å². The standard InChI is InChI=1S/C11H22BrN/c1-3-10-4-6-11(7-5-10)13(2)9-8-12/h10-11H,3-9H2,1-2H3. The maximum atomic E-state index is 3.50. The van der Waals surface area contributed by atoms with Gasteiger partial charge >= 0.3 is 0 Å². The van der Waals surface area contributed by atoms with Crippen LogP contribution in [0.3, 0.4) is 0 Å². The molecule has 78 valence electrons. The van der Waals surface area contributed by atoms with E-state index in [2.05, 4.69) is 34.8 Å². The zero-order valence-electron chi connectivity index (χ0n) is 8.93. The zero-order valence-corrected chi connectivity index (χ0v) is 10.5. The summed E-state index contributed by atoms with van der Waals surface area (Å²) in [5.41, 5.74) is 0. The van der Waals surface area contributed by atoms with E-state index in [-0.39, 0.29) is 0 Å². The lowest BCUT2D eigenvalue weighted by Gasteiger charge is -2.34. The Hall–Kier alpha value is 0.440. The van der Waals surface area contributed by atoms with Crippen molar-refractivity contribution in [3.05, 3.63) is 0 Å². The first kappa shape index (κ1) is 11.5. The van der Waals surface area contributed by atoms with E-state index in [4.69, 9.17) is 0 Å². The second-order valence-corrected chi connectivity index (χ2v) is 5.05. The van der Waals surface area contributed by atoms with Crippen LogP contribution in [0, 0.1) is 5.92 Å². The van der Waals surface area contributed by atoms with Crippen LogP contribution >= 0.6 is 15.9 Å². The normalized spacial score (nSPS) is 29.5. The van der Waals surface area contributed by atoms with Gasteiger partial charge in [-0.15, -0.1) is 0 Å². The summed E-state index contributed by atoms with van der Waals surface area (Å²) in [5.74, 6) is 1.02. The molecular formula is C11H22BrN. The van der Waals surface area contributed by atoms with Crippen molar-refractivity contribution >= 4 is 15.9 Å². The summed E-state index contributed by atoms with van der Waals surface area (Å²) in [6.45, 7) is 3.52. The van der Waals surface area contributed by atoms with E-state index < -0.39 is 0 Å². The molecule has 0 amide bonds. The number of nitrogens with zero attached hydrogens (tertiary/aromatic N) is 1. The molecule has 1 rings (SSSR count). The van der Waals surface area contributed by atoms with Gasteiger partial charge in [0.25, 0.3) is 0 Å². The first-order chi connectivity index (χ1) is 6.27. The highest BCUT2D eigenvalue weighted by atomic mass is 79.9. The molecule has 0 aromatic carbocycles. The molecule has 0 atom stereocenters. The molecule has 0 unspecified atom stereocenters. The number of rotatable bonds is 4. The molecule has 1 aliphatic carbocycles. The maximum absolute atomic E-state index is 3.50. The summed E-state index contributed by atoms with van der Waals surface area (Å²) < 4.78 is 0. The first-order valence-corrected chi connectivity index (χ1v) is 6.66. The molecule has 1 nitrogen and oxygen atoms in total. The number of hydrogen-bond acceptors (Lipinski definition) is 1. The summed E-state index contributed by atoms with van der Waals surface area (Å²) in [5, 5.41) is 1.11. The van der Waals surface area contributed by atoms with Crippen LogP contribution in [0.4, 0.5) is 0 Å². The van der Waals surface area contributed by atoms with E-state index in [0.29, 0.717) is 0 Å². The van der Waals surface area contributed by atoms with Gasteiger partial charge in [0.15, 0.2) is 0 Å². The molecule has 0 aromatic heterocycles. The molecule has 13 heavy (non-hydrogen) atoms. The van der Waals surface area contributed by atoms with E-state index >= 15 is 0 Å². The minimum Gasteiger partial charge on any atom is -0.303 e. The van der Waals surface area contributed by atoms with Gasteiger partial charge in [0, 0.05) is 17.9 Å². The quantitative estimate of drug-likeness (QED) is 0.690. The van der Waals surface area contributed by atoms with E-state index in [1.54, 1.807) is 0 Å². The van der Waals surface area contributed by atoms with Crippen LogP contribution < -0.4 is 0 Å². The predicted octanol–water partition coefficient (Wildman–Crippen LogP) is 3.28. The highest BCUT2D eigenvalue weighted by Gasteiger charge is 2.22. The van der Waals surface area contributed by atoms with Crippen molar-refractivity contribution in [3.8, 4) is 0 Å². The highest BCUT2D eigenvalue weighted by Crippen LogP contribution is 2.28. The largest absolute Gasteiger partial charge is 0.303 e. The number of halogens is 1. The molecule has 1 fully saturated rings. The molecule has 0 N–H and O–H groups in total. The molecule has 0 aromatic rings. The SMILES string of the molecule is CCC1CCC(N(C)CCBr)CC1. The molecular weight excluding hydrogens is 226 g/mol. The summed E-state index contributed by atoms with van der Waals surface area (Å²) in [4.78, 5) is 2.51. The molecule has 0 bridgehead atoms. The summed E-state index contributed by atoms with van der Waals surface area (Å²) in [6, 6.07) is 0.861. The van der Waals surface area contributed by atoms with Crippen LogP contribution in [0.2, 0.25) is 0 Å². The molecule has 0 heterocycles. The van der Waals surface area contributed by atoms with Crippen LogP contribution in [-0.4, -0.2) is 29.9 Å². The third-order valence-corrected chi connectivity index (χ3v) is 3.81. The fourth-order valence-corrected chi connectivity index (χ4v) is 2.87. The molecule has 0 radical (unpaired) electrons. The van der Waals surface area contributed by atoms with Crippen molar-refractivity contribution in [3.63, 3.8) is 0 Å². The van der Waals surface area contributed by atoms with Gasteiger partial charge < -0.3 is 4.90 Å². The van der Waals surface area contributed by atoms with Crippen LogP contribution in [0.1, 0.15) is 39.0 Å². The Balaban J connectivity index is 2.23. The predicted molar refractivity (Wildman–Crippen MR) is 62.5 cm³/mol. The Morgan fingerprint density at radius 3 is 2.31 bits per heavy atom. The third kappa shape index (κ3) is 3.59. The molecule has 1 aliphatic rings. The maximum Gasteiger partial charge on any atom is 0.0159 e. The Morgan fingerprint density at radius 2 is 1.85 bits per heavy atom. The Labute approximate surface area is 91.0 Å². The summed E-state index contributed by atoms with van der Waals surface area (Å²) >= 11 is 3.50. The average Bonchev–Trinajstić information content (AvgIpc) is 2.18. The molecule has 0 spiro atoms. The minimum atomic E-state index is 0.861. The van der Waals surface area contributed by atoms with Crippen molar-refractivity contribution in [2.75, 3.05) is 18.9 Å². The number of hydrogen-bond donors (Lipinski definition) is 0. The summed E-state index contributed by atoms with van der Waals surface area (Å²) in [7, 11) is 2.26. The second kappa shape index (κ2) is 6.02. The lowest BCUT2D eigenvalue weighted by Crippen LogP contribution is -2.36. The fourth-order valence-electron chi connectivity index (χ4n) is 2.31. The highest BCUT2D eigenvalue weighted by molar-refractivity contribution is 9.09. The molecule has 0 aliphatic heterocycles. The summed E-state index contributed by atoms with van der Waals surface area (Å²) in [6.07, 6.45) is 7.13. The van der Waals surface area contributed by atoms with Gasteiger partial charge in [-0.25, -0.2) is 0 Å². The lowest BCUT2D eigenvalue weighted by atomic mass is 9.84. The van der Waals surface area contributed by atoms with Crippen molar-refractivity contribution in [1.29, 1.82) is 0 Å². The van der Waals surface area contributed by atoms with Crippen LogP contribution in [-0.2, 0) is 0 Å². The third-order valence-electron chi connectivity index (χ3n) is 3.45. The number of alkyl halides is 1. The van der Waals surface area contributed by atoms with Gasteiger partial charge in [-0.3, -0.25) is 0 Å². The average molecular weight is 248 g/mol. The smallest absolute Gasteiger partial charge is 0.0159 e. The van der Waals surface area contributed by atoms with Gasteiger partial charge in [-0.05, 0) is 38.6 Å². The zero-order chi connectivity index (χ0) is 9.68. The van der Waals surface area contributed by atoms with Crippen molar-refractivity contribution in [1.82, 2.24) is 4.90 Å². The van der Waals surface area contributed by atoms with Gasteiger partial charge in [0.2, 0.25) is 0 Å². The molecule has 1 saturated carbocycles. The van der Waals surface area contributed by atoms with Crippen molar-refractivity contribution in [2.45, 2.75) is 45.1 Å². The Morgan fingerprint density at radius 1 is 1.23 bits per heavy atom. The second-order valence-electron chi connectivity index (χ2n) is 4.25. The van der Waals surface area contributed by atoms with Crippen LogP contribution in [0.25, 0.3) is 0 Å². The first-order valence-electron chi connectivity index (χ1n) is 5.54. The van der Waals surface area contributed by atoms with E-state index in [1.165, 1.54) is 38.6 Å². The van der Waals surface area contributed by atoms with Crippen molar-refractivity contribution < 1.29 is 0 Å². The van der Waals surface area contributed by atoms with Crippen LogP contribution in [0.15, 0.2) is 0 Å². The van der Waals surface area contributed by atoms with Gasteiger partial charge in [-0.1, -0.05) is 29.3 Å². The van der Waals surface area contributed by atoms with Gasteiger partial charge in [-0.2, -0.15) is 0 Å². The molecule has 0 saturated heterocycles.